The summed E-state index contributed by atoms with van der Waals surface area (Å²) in [6.07, 6.45) is 2.50. The van der Waals surface area contributed by atoms with Gasteiger partial charge in [0.05, 0.1) is 12.2 Å². The number of hydrogen-bond donors (Lipinski definition) is 0. The predicted octanol–water partition coefficient (Wildman–Crippen LogP) is 4.76. The molecule has 2 aromatic heterocycles. The van der Waals surface area contributed by atoms with Crippen molar-refractivity contribution in [3.05, 3.63) is 111 Å². The molecule has 0 bridgehead atoms. The van der Waals surface area contributed by atoms with Gasteiger partial charge in [-0.25, -0.2) is 0 Å². The van der Waals surface area contributed by atoms with Crippen molar-refractivity contribution < 1.29 is 4.52 Å². The van der Waals surface area contributed by atoms with E-state index in [0.29, 0.717) is 13.0 Å². The van der Waals surface area contributed by atoms with Crippen LogP contribution in [0.3, 0.4) is 0 Å². The SMILES string of the molecule is Cc1noc(C)c1-c1cc(Cc2ccccc2)c(=O)n(Cc2ccccc2)c1. The molecule has 0 aliphatic carbocycles. The lowest BCUT2D eigenvalue weighted by Crippen LogP contribution is -2.24. The quantitative estimate of drug-likeness (QED) is 0.509. The second-order valence-electron chi connectivity index (χ2n) is 7.03. The van der Waals surface area contributed by atoms with Crippen molar-refractivity contribution in [2.75, 3.05) is 0 Å². The molecule has 0 aliphatic heterocycles. The molecule has 0 radical (unpaired) electrons. The van der Waals surface area contributed by atoms with Gasteiger partial charge in [0.15, 0.2) is 0 Å². The first kappa shape index (κ1) is 18.0. The normalized spacial score (nSPS) is 10.9. The number of rotatable bonds is 5. The minimum atomic E-state index is 0.0308. The van der Waals surface area contributed by atoms with E-state index in [0.717, 1.165) is 39.3 Å². The largest absolute Gasteiger partial charge is 0.361 e. The van der Waals surface area contributed by atoms with Crippen molar-refractivity contribution in [1.82, 2.24) is 9.72 Å². The predicted molar refractivity (Wildman–Crippen MR) is 110 cm³/mol. The molecular weight excluding hydrogens is 348 g/mol. The van der Waals surface area contributed by atoms with Crippen molar-refractivity contribution in [1.29, 1.82) is 0 Å². The zero-order valence-electron chi connectivity index (χ0n) is 16.1. The molecule has 140 valence electrons. The molecule has 0 saturated carbocycles. The van der Waals surface area contributed by atoms with E-state index >= 15 is 0 Å². The number of pyridine rings is 1. The van der Waals surface area contributed by atoms with Gasteiger partial charge in [0, 0.05) is 29.3 Å². The van der Waals surface area contributed by atoms with Crippen LogP contribution in [0.1, 0.15) is 28.1 Å². The minimum absolute atomic E-state index is 0.0308. The Labute approximate surface area is 164 Å². The summed E-state index contributed by atoms with van der Waals surface area (Å²) >= 11 is 0. The monoisotopic (exact) mass is 370 g/mol. The van der Waals surface area contributed by atoms with Crippen LogP contribution in [0, 0.1) is 13.8 Å². The van der Waals surface area contributed by atoms with Gasteiger partial charge in [-0.3, -0.25) is 4.79 Å². The Morgan fingerprint density at radius 2 is 1.57 bits per heavy atom. The third kappa shape index (κ3) is 3.67. The lowest BCUT2D eigenvalue weighted by Gasteiger charge is -2.12. The van der Waals surface area contributed by atoms with Crippen molar-refractivity contribution >= 4 is 0 Å². The van der Waals surface area contributed by atoms with Crippen molar-refractivity contribution in [3.63, 3.8) is 0 Å². The molecule has 4 rings (SSSR count). The third-order valence-corrected chi connectivity index (χ3v) is 4.92. The summed E-state index contributed by atoms with van der Waals surface area (Å²) in [5.41, 5.74) is 5.73. The van der Waals surface area contributed by atoms with Crippen LogP contribution in [0.5, 0.6) is 0 Å². The Balaban J connectivity index is 1.84. The van der Waals surface area contributed by atoms with Crippen LogP contribution in [0.4, 0.5) is 0 Å². The molecule has 0 saturated heterocycles. The van der Waals surface area contributed by atoms with E-state index in [-0.39, 0.29) is 5.56 Å². The Hall–Kier alpha value is -3.40. The number of hydrogen-bond acceptors (Lipinski definition) is 3. The van der Waals surface area contributed by atoms with E-state index < -0.39 is 0 Å². The zero-order chi connectivity index (χ0) is 19.5. The topological polar surface area (TPSA) is 48.0 Å². The fraction of sp³-hybridized carbons (Fsp3) is 0.167. The van der Waals surface area contributed by atoms with Crippen LogP contribution in [0.2, 0.25) is 0 Å². The second-order valence-corrected chi connectivity index (χ2v) is 7.03. The lowest BCUT2D eigenvalue weighted by atomic mass is 10.0. The van der Waals surface area contributed by atoms with Crippen molar-refractivity contribution in [3.8, 4) is 11.1 Å². The van der Waals surface area contributed by atoms with Crippen LogP contribution >= 0.6 is 0 Å². The molecule has 2 heterocycles. The van der Waals surface area contributed by atoms with Gasteiger partial charge in [0.2, 0.25) is 0 Å². The fourth-order valence-corrected chi connectivity index (χ4v) is 3.57. The first-order valence-electron chi connectivity index (χ1n) is 9.36. The molecule has 0 spiro atoms. The summed E-state index contributed by atoms with van der Waals surface area (Å²) in [5, 5.41) is 4.08. The molecule has 0 amide bonds. The Bertz CT molecular complexity index is 1060. The van der Waals surface area contributed by atoms with Crippen molar-refractivity contribution in [2.24, 2.45) is 0 Å². The maximum Gasteiger partial charge on any atom is 0.254 e. The van der Waals surface area contributed by atoms with Gasteiger partial charge in [0.1, 0.15) is 5.76 Å². The van der Waals surface area contributed by atoms with E-state index in [1.807, 2.05) is 86.8 Å². The molecule has 4 aromatic rings. The summed E-state index contributed by atoms with van der Waals surface area (Å²) < 4.78 is 7.15. The third-order valence-electron chi connectivity index (χ3n) is 4.92. The van der Waals surface area contributed by atoms with E-state index in [1.165, 1.54) is 0 Å². The molecule has 0 N–H and O–H groups in total. The van der Waals surface area contributed by atoms with Gasteiger partial charge in [-0.1, -0.05) is 65.8 Å². The van der Waals surface area contributed by atoms with Gasteiger partial charge in [-0.2, -0.15) is 0 Å². The number of aryl methyl sites for hydroxylation is 2. The minimum Gasteiger partial charge on any atom is -0.361 e. The molecule has 2 aromatic carbocycles. The average Bonchev–Trinajstić information content (AvgIpc) is 3.05. The van der Waals surface area contributed by atoms with E-state index in [4.69, 9.17) is 4.52 Å². The molecule has 28 heavy (non-hydrogen) atoms. The summed E-state index contributed by atoms with van der Waals surface area (Å²) in [4.78, 5) is 13.2. The van der Waals surface area contributed by atoms with Crippen LogP contribution in [-0.2, 0) is 13.0 Å². The summed E-state index contributed by atoms with van der Waals surface area (Å²) in [6.45, 7) is 4.35. The number of aromatic nitrogens is 2. The number of nitrogens with zero attached hydrogens (tertiary/aromatic N) is 2. The molecule has 0 aliphatic rings. The van der Waals surface area contributed by atoms with Crippen molar-refractivity contribution in [2.45, 2.75) is 26.8 Å². The second kappa shape index (κ2) is 7.69. The molecular formula is C24H22N2O2. The first-order chi connectivity index (χ1) is 13.6. The highest BCUT2D eigenvalue weighted by Gasteiger charge is 2.16. The molecule has 0 atom stereocenters. The van der Waals surface area contributed by atoms with E-state index in [2.05, 4.69) is 5.16 Å². The van der Waals surface area contributed by atoms with Gasteiger partial charge in [0.25, 0.3) is 5.56 Å². The Morgan fingerprint density at radius 3 is 2.18 bits per heavy atom. The molecule has 0 unspecified atom stereocenters. The highest BCUT2D eigenvalue weighted by Crippen LogP contribution is 2.27. The van der Waals surface area contributed by atoms with Gasteiger partial charge >= 0.3 is 0 Å². The van der Waals surface area contributed by atoms with Crippen LogP contribution in [-0.4, -0.2) is 9.72 Å². The molecule has 4 heteroatoms. The summed E-state index contributed by atoms with van der Waals surface area (Å²) in [7, 11) is 0. The summed E-state index contributed by atoms with van der Waals surface area (Å²) in [5.74, 6) is 0.757. The van der Waals surface area contributed by atoms with E-state index in [1.54, 1.807) is 4.57 Å². The smallest absolute Gasteiger partial charge is 0.254 e. The first-order valence-corrected chi connectivity index (χ1v) is 9.36. The Kier molecular flexibility index (Phi) is 4.94. The average molecular weight is 370 g/mol. The van der Waals surface area contributed by atoms with Crippen LogP contribution < -0.4 is 5.56 Å². The fourth-order valence-electron chi connectivity index (χ4n) is 3.57. The summed E-state index contributed by atoms with van der Waals surface area (Å²) in [6, 6.07) is 22.1. The lowest BCUT2D eigenvalue weighted by molar-refractivity contribution is 0.393. The number of benzene rings is 2. The molecule has 0 fully saturated rings. The maximum absolute atomic E-state index is 13.2. The maximum atomic E-state index is 13.2. The highest BCUT2D eigenvalue weighted by molar-refractivity contribution is 5.67. The van der Waals surface area contributed by atoms with Gasteiger partial charge < -0.3 is 9.09 Å². The standard InChI is InChI=1S/C24H22N2O2/c1-17-23(18(2)28-25-17)22-14-21(13-19-9-5-3-6-10-19)24(27)26(16-22)15-20-11-7-4-8-12-20/h3-12,14,16H,13,15H2,1-2H3. The van der Waals surface area contributed by atoms with Crippen LogP contribution in [0.25, 0.3) is 11.1 Å². The van der Waals surface area contributed by atoms with Gasteiger partial charge in [-0.15, -0.1) is 0 Å². The zero-order valence-corrected chi connectivity index (χ0v) is 16.1. The molecule has 4 nitrogen and oxygen atoms in total. The van der Waals surface area contributed by atoms with Gasteiger partial charge in [-0.05, 0) is 31.0 Å². The van der Waals surface area contributed by atoms with E-state index in [9.17, 15) is 4.79 Å². The highest BCUT2D eigenvalue weighted by atomic mass is 16.5. The Morgan fingerprint density at radius 1 is 0.929 bits per heavy atom. The van der Waals surface area contributed by atoms with Crippen LogP contribution in [0.15, 0.2) is 82.2 Å².